The summed E-state index contributed by atoms with van der Waals surface area (Å²) in [6, 6.07) is 8.36. The van der Waals surface area contributed by atoms with Gasteiger partial charge in [0, 0.05) is 11.0 Å². The molecule has 112 valence electrons. The summed E-state index contributed by atoms with van der Waals surface area (Å²) < 4.78 is 5.02. The first-order valence-corrected chi connectivity index (χ1v) is 8.04. The van der Waals surface area contributed by atoms with Gasteiger partial charge in [-0.25, -0.2) is 0 Å². The molecule has 0 aromatic heterocycles. The standard InChI is InChI=1S/C16H25NO2S/c1-5-19-15(18)16(4,17)10-13(3)20-11-14-9-7-6-8-12(14)2/h6-9,13H,5,10-11,17H2,1-4H3. The Balaban J connectivity index is 2.49. The molecule has 1 aromatic carbocycles. The van der Waals surface area contributed by atoms with E-state index in [1.54, 1.807) is 13.8 Å². The average Bonchev–Trinajstić information content (AvgIpc) is 2.37. The average molecular weight is 295 g/mol. The molecule has 20 heavy (non-hydrogen) atoms. The summed E-state index contributed by atoms with van der Waals surface area (Å²) in [5.41, 5.74) is 7.78. The molecule has 0 aliphatic rings. The molecule has 0 spiro atoms. The van der Waals surface area contributed by atoms with Crippen LogP contribution in [0.15, 0.2) is 24.3 Å². The Morgan fingerprint density at radius 3 is 2.70 bits per heavy atom. The van der Waals surface area contributed by atoms with Crippen LogP contribution >= 0.6 is 11.8 Å². The molecule has 0 aliphatic carbocycles. The van der Waals surface area contributed by atoms with Gasteiger partial charge in [0.05, 0.1) is 6.61 Å². The van der Waals surface area contributed by atoms with E-state index >= 15 is 0 Å². The third-order valence-electron chi connectivity index (χ3n) is 3.24. The van der Waals surface area contributed by atoms with E-state index in [9.17, 15) is 4.79 Å². The van der Waals surface area contributed by atoms with E-state index in [1.807, 2.05) is 17.8 Å². The first-order chi connectivity index (χ1) is 9.36. The number of thioether (sulfide) groups is 1. The van der Waals surface area contributed by atoms with Crippen molar-refractivity contribution in [3.05, 3.63) is 35.4 Å². The monoisotopic (exact) mass is 295 g/mol. The topological polar surface area (TPSA) is 52.3 Å². The second-order valence-electron chi connectivity index (χ2n) is 5.39. The molecule has 0 saturated heterocycles. The molecular formula is C16H25NO2S. The minimum absolute atomic E-state index is 0.300. The summed E-state index contributed by atoms with van der Waals surface area (Å²) in [5.74, 6) is 0.621. The van der Waals surface area contributed by atoms with Crippen molar-refractivity contribution >= 4 is 17.7 Å². The van der Waals surface area contributed by atoms with Gasteiger partial charge in [-0.05, 0) is 38.3 Å². The molecule has 0 amide bonds. The largest absolute Gasteiger partial charge is 0.465 e. The van der Waals surface area contributed by atoms with Gasteiger partial charge in [0.1, 0.15) is 5.54 Å². The highest BCUT2D eigenvalue weighted by molar-refractivity contribution is 7.99. The number of hydrogen-bond acceptors (Lipinski definition) is 4. The van der Waals surface area contributed by atoms with Gasteiger partial charge < -0.3 is 10.5 Å². The van der Waals surface area contributed by atoms with Crippen molar-refractivity contribution in [1.82, 2.24) is 0 Å². The van der Waals surface area contributed by atoms with Crippen molar-refractivity contribution in [3.8, 4) is 0 Å². The Labute approximate surface area is 126 Å². The fourth-order valence-corrected chi connectivity index (χ4v) is 3.29. The second kappa shape index (κ2) is 7.70. The molecule has 0 fully saturated rings. The lowest BCUT2D eigenvalue weighted by Gasteiger charge is -2.25. The van der Waals surface area contributed by atoms with Gasteiger partial charge in [0.2, 0.25) is 0 Å². The summed E-state index contributed by atoms with van der Waals surface area (Å²) in [6.45, 7) is 8.13. The van der Waals surface area contributed by atoms with Crippen LogP contribution in [0.5, 0.6) is 0 Å². The highest BCUT2D eigenvalue weighted by Crippen LogP contribution is 2.25. The molecule has 1 rings (SSSR count). The molecule has 1 aromatic rings. The molecule has 0 heterocycles. The summed E-state index contributed by atoms with van der Waals surface area (Å²) in [6.07, 6.45) is 0.613. The van der Waals surface area contributed by atoms with Crippen LogP contribution in [0.2, 0.25) is 0 Å². The van der Waals surface area contributed by atoms with E-state index in [2.05, 4.69) is 32.0 Å². The number of carbonyl (C=O) groups excluding carboxylic acids is 1. The van der Waals surface area contributed by atoms with Crippen LogP contribution in [0.3, 0.4) is 0 Å². The summed E-state index contributed by atoms with van der Waals surface area (Å²) in [5, 5.41) is 0.300. The maximum absolute atomic E-state index is 11.8. The number of benzene rings is 1. The molecule has 2 atom stereocenters. The Bertz CT molecular complexity index is 446. The zero-order valence-electron chi connectivity index (χ0n) is 12.8. The predicted octanol–water partition coefficient (Wildman–Crippen LogP) is 3.29. The molecule has 0 bridgehead atoms. The van der Waals surface area contributed by atoms with E-state index in [0.29, 0.717) is 18.3 Å². The minimum Gasteiger partial charge on any atom is -0.465 e. The Morgan fingerprint density at radius 1 is 1.45 bits per heavy atom. The third-order valence-corrected chi connectivity index (χ3v) is 4.45. The normalized spacial score (nSPS) is 15.4. The van der Waals surface area contributed by atoms with Gasteiger partial charge in [0.25, 0.3) is 0 Å². The summed E-state index contributed by atoms with van der Waals surface area (Å²) in [7, 11) is 0. The molecule has 3 nitrogen and oxygen atoms in total. The summed E-state index contributed by atoms with van der Waals surface area (Å²) >= 11 is 1.82. The van der Waals surface area contributed by atoms with Gasteiger partial charge in [-0.1, -0.05) is 31.2 Å². The van der Waals surface area contributed by atoms with Crippen LogP contribution in [0.4, 0.5) is 0 Å². The fraction of sp³-hybridized carbons (Fsp3) is 0.562. The number of esters is 1. The lowest BCUT2D eigenvalue weighted by Crippen LogP contribution is -2.47. The maximum Gasteiger partial charge on any atom is 0.325 e. The Morgan fingerprint density at radius 2 is 2.10 bits per heavy atom. The molecule has 0 saturated carbocycles. The maximum atomic E-state index is 11.8. The third kappa shape index (κ3) is 5.17. The van der Waals surface area contributed by atoms with E-state index in [-0.39, 0.29) is 5.97 Å². The number of carbonyl (C=O) groups is 1. The van der Waals surface area contributed by atoms with Crippen molar-refractivity contribution in [2.45, 2.75) is 50.7 Å². The van der Waals surface area contributed by atoms with Crippen molar-refractivity contribution in [1.29, 1.82) is 0 Å². The highest BCUT2D eigenvalue weighted by Gasteiger charge is 2.31. The van der Waals surface area contributed by atoms with Crippen molar-refractivity contribution < 1.29 is 9.53 Å². The van der Waals surface area contributed by atoms with Gasteiger partial charge in [0.15, 0.2) is 0 Å². The molecule has 2 N–H and O–H groups in total. The van der Waals surface area contributed by atoms with Crippen LogP contribution in [-0.2, 0) is 15.3 Å². The number of ether oxygens (including phenoxy) is 1. The van der Waals surface area contributed by atoms with Crippen LogP contribution in [-0.4, -0.2) is 23.4 Å². The van der Waals surface area contributed by atoms with Crippen LogP contribution in [0.25, 0.3) is 0 Å². The number of aryl methyl sites for hydroxylation is 1. The zero-order chi connectivity index (χ0) is 15.2. The van der Waals surface area contributed by atoms with Gasteiger partial charge >= 0.3 is 5.97 Å². The van der Waals surface area contributed by atoms with E-state index in [0.717, 1.165) is 5.75 Å². The van der Waals surface area contributed by atoms with Gasteiger partial charge in [-0.3, -0.25) is 4.79 Å². The van der Waals surface area contributed by atoms with Crippen molar-refractivity contribution in [3.63, 3.8) is 0 Å². The SMILES string of the molecule is CCOC(=O)C(C)(N)CC(C)SCc1ccccc1C. The van der Waals surface area contributed by atoms with Crippen molar-refractivity contribution in [2.24, 2.45) is 5.73 Å². The molecule has 2 unspecified atom stereocenters. The number of hydrogen-bond donors (Lipinski definition) is 1. The van der Waals surface area contributed by atoms with Crippen LogP contribution < -0.4 is 5.73 Å². The molecule has 0 radical (unpaired) electrons. The van der Waals surface area contributed by atoms with E-state index < -0.39 is 5.54 Å². The number of nitrogens with two attached hydrogens (primary N) is 1. The first kappa shape index (κ1) is 17.1. The smallest absolute Gasteiger partial charge is 0.325 e. The molecule has 0 aliphatic heterocycles. The van der Waals surface area contributed by atoms with Crippen molar-refractivity contribution in [2.75, 3.05) is 6.61 Å². The quantitative estimate of drug-likeness (QED) is 0.784. The second-order valence-corrected chi connectivity index (χ2v) is 6.82. The minimum atomic E-state index is -0.909. The summed E-state index contributed by atoms with van der Waals surface area (Å²) in [4.78, 5) is 11.8. The van der Waals surface area contributed by atoms with Crippen LogP contribution in [0, 0.1) is 6.92 Å². The Hall–Kier alpha value is -1.00. The zero-order valence-corrected chi connectivity index (χ0v) is 13.6. The van der Waals surface area contributed by atoms with Crippen LogP contribution in [0.1, 0.15) is 38.3 Å². The fourth-order valence-electron chi connectivity index (χ4n) is 2.04. The van der Waals surface area contributed by atoms with E-state index in [4.69, 9.17) is 10.5 Å². The predicted molar refractivity (Wildman–Crippen MR) is 85.8 cm³/mol. The van der Waals surface area contributed by atoms with E-state index in [1.165, 1.54) is 11.1 Å². The molecular weight excluding hydrogens is 270 g/mol. The number of rotatable bonds is 7. The Kier molecular flexibility index (Phi) is 6.56. The van der Waals surface area contributed by atoms with Gasteiger partial charge in [-0.2, -0.15) is 11.8 Å². The lowest BCUT2D eigenvalue weighted by molar-refractivity contribution is -0.149. The van der Waals surface area contributed by atoms with Gasteiger partial charge in [-0.15, -0.1) is 0 Å². The molecule has 4 heteroatoms. The highest BCUT2D eigenvalue weighted by atomic mass is 32.2. The lowest BCUT2D eigenvalue weighted by atomic mass is 9.98. The first-order valence-electron chi connectivity index (χ1n) is 6.99.